The van der Waals surface area contributed by atoms with E-state index in [1.54, 1.807) is 17.5 Å². The molecule has 0 saturated carbocycles. The lowest BCUT2D eigenvalue weighted by Gasteiger charge is -2.26. The Labute approximate surface area is 154 Å². The van der Waals surface area contributed by atoms with Crippen LogP contribution < -0.4 is 14.8 Å². The van der Waals surface area contributed by atoms with Crippen molar-refractivity contribution in [1.82, 2.24) is 9.97 Å². The van der Waals surface area contributed by atoms with Gasteiger partial charge < -0.3 is 14.8 Å². The topological polar surface area (TPSA) is 56.3 Å². The Morgan fingerprint density at radius 3 is 2.88 bits per heavy atom. The molecule has 1 aliphatic heterocycles. The van der Waals surface area contributed by atoms with Gasteiger partial charge >= 0.3 is 0 Å². The Kier molecular flexibility index (Phi) is 5.32. The van der Waals surface area contributed by atoms with Gasteiger partial charge in [-0.15, -0.1) is 28.3 Å². The van der Waals surface area contributed by atoms with Crippen LogP contribution in [-0.4, -0.2) is 29.2 Å². The highest BCUT2D eigenvalue weighted by Crippen LogP contribution is 2.31. The highest BCUT2D eigenvalue weighted by Gasteiger charge is 2.20. The number of benzene rings is 1. The smallest absolute Gasteiger partial charge is 0.183 e. The minimum atomic E-state index is -0.0318. The average molecular weight is 406 g/mol. The number of aromatic nitrogens is 2. The molecule has 24 heavy (non-hydrogen) atoms. The Morgan fingerprint density at radius 1 is 1.17 bits per heavy atom. The Morgan fingerprint density at radius 2 is 2.04 bits per heavy atom. The molecule has 1 aliphatic rings. The lowest BCUT2D eigenvalue weighted by molar-refractivity contribution is 0.0997. The highest BCUT2D eigenvalue weighted by atomic mass is 79.9. The number of halogens is 1. The van der Waals surface area contributed by atoms with Crippen LogP contribution in [0, 0.1) is 0 Å². The summed E-state index contributed by atoms with van der Waals surface area (Å²) in [7, 11) is 0. The maximum atomic E-state index is 5.92. The first-order valence-electron chi connectivity index (χ1n) is 7.37. The molecule has 0 bridgehead atoms. The quantitative estimate of drug-likeness (QED) is 0.709. The fourth-order valence-corrected chi connectivity index (χ4v) is 3.10. The molecule has 1 aromatic carbocycles. The number of nitrogens with one attached hydrogen (secondary N) is 1. The zero-order valence-electron chi connectivity index (χ0n) is 12.7. The molecule has 4 rings (SSSR count). The predicted molar refractivity (Wildman–Crippen MR) is 101 cm³/mol. The van der Waals surface area contributed by atoms with Crippen LogP contribution in [0.1, 0.15) is 0 Å². The Bertz CT molecular complexity index is 797. The third-order valence-corrected chi connectivity index (χ3v) is 4.31. The van der Waals surface area contributed by atoms with Crippen LogP contribution in [0.3, 0.4) is 0 Å². The number of hydrogen-bond donors (Lipinski definition) is 1. The van der Waals surface area contributed by atoms with Gasteiger partial charge in [0.15, 0.2) is 16.6 Å². The second kappa shape index (κ2) is 7.63. The van der Waals surface area contributed by atoms with Crippen LogP contribution in [0.4, 0.5) is 5.13 Å². The maximum Gasteiger partial charge on any atom is 0.183 e. The summed E-state index contributed by atoms with van der Waals surface area (Å²) in [6, 6.07) is 11.6. The number of hydrogen-bond acceptors (Lipinski definition) is 6. The molecular weight excluding hydrogens is 390 g/mol. The summed E-state index contributed by atoms with van der Waals surface area (Å²) < 4.78 is 11.6. The zero-order valence-corrected chi connectivity index (χ0v) is 15.2. The number of pyridine rings is 1. The van der Waals surface area contributed by atoms with Gasteiger partial charge in [0.2, 0.25) is 0 Å². The molecule has 124 valence electrons. The minimum Gasteiger partial charge on any atom is -0.486 e. The second-order valence-corrected chi connectivity index (χ2v) is 6.02. The molecule has 3 aromatic rings. The lowest BCUT2D eigenvalue weighted by Crippen LogP contribution is -2.35. The van der Waals surface area contributed by atoms with E-state index in [0.29, 0.717) is 13.2 Å². The van der Waals surface area contributed by atoms with E-state index >= 15 is 0 Å². The van der Waals surface area contributed by atoms with Gasteiger partial charge in [0.1, 0.15) is 12.7 Å². The molecule has 2 aromatic heterocycles. The Balaban J connectivity index is 0.00000169. The van der Waals surface area contributed by atoms with Crippen molar-refractivity contribution in [2.24, 2.45) is 0 Å². The third-order valence-electron chi connectivity index (χ3n) is 3.51. The molecule has 7 heteroatoms. The van der Waals surface area contributed by atoms with E-state index in [4.69, 9.17) is 9.47 Å². The first kappa shape index (κ1) is 16.7. The van der Waals surface area contributed by atoms with Gasteiger partial charge in [-0.3, -0.25) is 4.98 Å². The van der Waals surface area contributed by atoms with E-state index in [-0.39, 0.29) is 23.1 Å². The van der Waals surface area contributed by atoms with Gasteiger partial charge in [-0.05, 0) is 24.3 Å². The van der Waals surface area contributed by atoms with Crippen molar-refractivity contribution in [3.8, 4) is 22.8 Å². The number of rotatable bonds is 4. The van der Waals surface area contributed by atoms with Crippen molar-refractivity contribution in [2.75, 3.05) is 18.5 Å². The van der Waals surface area contributed by atoms with Gasteiger partial charge in [-0.2, -0.15) is 0 Å². The lowest BCUT2D eigenvalue weighted by atomic mass is 10.2. The summed E-state index contributed by atoms with van der Waals surface area (Å²) in [6.45, 7) is 1.18. The number of anilines is 1. The molecule has 0 radical (unpaired) electrons. The van der Waals surface area contributed by atoms with Crippen molar-refractivity contribution in [2.45, 2.75) is 6.10 Å². The number of para-hydroxylation sites is 2. The molecule has 1 unspecified atom stereocenters. The van der Waals surface area contributed by atoms with Gasteiger partial charge in [0.05, 0.1) is 12.2 Å². The van der Waals surface area contributed by atoms with Crippen LogP contribution in [0.25, 0.3) is 11.3 Å². The maximum absolute atomic E-state index is 5.92. The normalized spacial score (nSPS) is 15.4. The predicted octanol–water partition coefficient (Wildman–Crippen LogP) is 4.03. The fraction of sp³-hybridized carbons (Fsp3) is 0.176. The molecule has 0 amide bonds. The van der Waals surface area contributed by atoms with Crippen LogP contribution >= 0.6 is 28.3 Å². The van der Waals surface area contributed by atoms with E-state index in [0.717, 1.165) is 27.9 Å². The van der Waals surface area contributed by atoms with Gasteiger partial charge in [-0.1, -0.05) is 12.1 Å². The van der Waals surface area contributed by atoms with Crippen molar-refractivity contribution in [3.63, 3.8) is 0 Å². The molecule has 1 atom stereocenters. The molecule has 0 saturated heterocycles. The zero-order chi connectivity index (χ0) is 15.5. The molecule has 0 aliphatic carbocycles. The van der Waals surface area contributed by atoms with E-state index in [9.17, 15) is 0 Å². The van der Waals surface area contributed by atoms with Crippen LogP contribution in [0.15, 0.2) is 54.2 Å². The molecule has 1 N–H and O–H groups in total. The van der Waals surface area contributed by atoms with Crippen LogP contribution in [0.5, 0.6) is 11.5 Å². The Hall–Kier alpha value is -2.12. The van der Waals surface area contributed by atoms with Crippen molar-refractivity contribution >= 4 is 33.4 Å². The number of fused-ring (bicyclic) bond motifs is 1. The first-order valence-corrected chi connectivity index (χ1v) is 8.25. The summed E-state index contributed by atoms with van der Waals surface area (Å²) >= 11 is 1.57. The first-order chi connectivity index (χ1) is 11.4. The number of thiazole rings is 1. The standard InChI is InChI=1S/C17H15N3O2S.BrH/c1-2-6-16-15(5-1)21-10-13(22-16)9-19-17-20-14(11-23-17)12-4-3-7-18-8-12;/h1-8,11,13H,9-10H2,(H,19,20);1H. The largest absolute Gasteiger partial charge is 0.486 e. The summed E-state index contributed by atoms with van der Waals surface area (Å²) in [5.41, 5.74) is 1.94. The van der Waals surface area contributed by atoms with E-state index in [1.807, 2.05) is 48.0 Å². The van der Waals surface area contributed by atoms with E-state index < -0.39 is 0 Å². The second-order valence-electron chi connectivity index (χ2n) is 5.16. The van der Waals surface area contributed by atoms with E-state index in [1.165, 1.54) is 0 Å². The molecular formula is C17H16BrN3O2S. The van der Waals surface area contributed by atoms with E-state index in [2.05, 4.69) is 15.3 Å². The van der Waals surface area contributed by atoms with Crippen molar-refractivity contribution < 1.29 is 9.47 Å². The average Bonchev–Trinajstić information content (AvgIpc) is 3.10. The molecule has 3 heterocycles. The van der Waals surface area contributed by atoms with Crippen molar-refractivity contribution in [3.05, 3.63) is 54.2 Å². The summed E-state index contributed by atoms with van der Waals surface area (Å²) in [5, 5.41) is 6.20. The van der Waals surface area contributed by atoms with Crippen LogP contribution in [0.2, 0.25) is 0 Å². The monoisotopic (exact) mass is 405 g/mol. The number of nitrogens with zero attached hydrogens (tertiary/aromatic N) is 2. The molecule has 5 nitrogen and oxygen atoms in total. The summed E-state index contributed by atoms with van der Waals surface area (Å²) in [5.74, 6) is 1.60. The van der Waals surface area contributed by atoms with Gasteiger partial charge in [-0.25, -0.2) is 4.98 Å². The fourth-order valence-electron chi connectivity index (χ4n) is 2.37. The van der Waals surface area contributed by atoms with Gasteiger partial charge in [0, 0.05) is 23.3 Å². The third kappa shape index (κ3) is 3.68. The molecule has 0 fully saturated rings. The minimum absolute atomic E-state index is 0. The van der Waals surface area contributed by atoms with Gasteiger partial charge in [0.25, 0.3) is 0 Å². The SMILES string of the molecule is Br.c1cncc(-c2csc(NCC3COc4ccccc4O3)n2)c1. The summed E-state index contributed by atoms with van der Waals surface area (Å²) in [6.07, 6.45) is 3.54. The highest BCUT2D eigenvalue weighted by molar-refractivity contribution is 8.93. The van der Waals surface area contributed by atoms with Crippen LogP contribution in [-0.2, 0) is 0 Å². The molecule has 0 spiro atoms. The number of ether oxygens (including phenoxy) is 2. The summed E-state index contributed by atoms with van der Waals surface area (Å²) in [4.78, 5) is 8.70. The van der Waals surface area contributed by atoms with Crippen molar-refractivity contribution in [1.29, 1.82) is 0 Å².